The quantitative estimate of drug-likeness (QED) is 0.664. The molecule has 0 bridgehead atoms. The van der Waals surface area contributed by atoms with E-state index in [2.05, 4.69) is 26.1 Å². The van der Waals surface area contributed by atoms with Gasteiger partial charge in [0.15, 0.2) is 0 Å². The molecule has 0 spiro atoms. The number of nitrogens with zero attached hydrogens (tertiary/aromatic N) is 1. The molecule has 0 amide bonds. The highest BCUT2D eigenvalue weighted by Crippen LogP contribution is 2.38. The largest absolute Gasteiger partial charge is 0.307 e. The molecule has 1 aromatic rings. The number of aryl methyl sites for hydroxylation is 1. The summed E-state index contributed by atoms with van der Waals surface area (Å²) in [5.74, 6) is 0. The lowest BCUT2D eigenvalue weighted by Crippen LogP contribution is -2.39. The second-order valence-corrected chi connectivity index (χ2v) is 6.62. The van der Waals surface area contributed by atoms with Gasteiger partial charge in [0.2, 0.25) is 0 Å². The first-order chi connectivity index (χ1) is 9.31. The first-order valence-corrected chi connectivity index (χ1v) is 7.32. The van der Waals surface area contributed by atoms with Crippen molar-refractivity contribution in [2.75, 3.05) is 0 Å². The summed E-state index contributed by atoms with van der Waals surface area (Å²) in [5.41, 5.74) is 2.23. The third-order valence-electron chi connectivity index (χ3n) is 4.64. The Bertz CT molecular complexity index is 511. The summed E-state index contributed by atoms with van der Waals surface area (Å²) < 4.78 is 0. The topological polar surface area (TPSA) is 55.2 Å². The average Bonchev–Trinajstić information content (AvgIpc) is 2.68. The lowest BCUT2D eigenvalue weighted by molar-refractivity contribution is -0.385. The monoisotopic (exact) mass is 276 g/mol. The lowest BCUT2D eigenvalue weighted by Gasteiger charge is -2.31. The molecule has 2 atom stereocenters. The first-order valence-electron chi connectivity index (χ1n) is 7.32. The van der Waals surface area contributed by atoms with Gasteiger partial charge in [0.05, 0.1) is 4.92 Å². The van der Waals surface area contributed by atoms with Gasteiger partial charge in [-0.3, -0.25) is 10.1 Å². The Hall–Kier alpha value is -1.42. The Labute approximate surface area is 120 Å². The molecular formula is C16H24N2O2. The molecule has 1 N–H and O–H groups in total. The van der Waals surface area contributed by atoms with E-state index in [1.807, 2.05) is 12.1 Å². The highest BCUT2D eigenvalue weighted by Gasteiger charge is 2.35. The van der Waals surface area contributed by atoms with Crippen molar-refractivity contribution in [2.24, 2.45) is 5.41 Å². The molecule has 0 saturated heterocycles. The normalized spacial score (nSPS) is 22.7. The molecular weight excluding hydrogens is 252 g/mol. The summed E-state index contributed by atoms with van der Waals surface area (Å²) in [6.45, 7) is 8.45. The molecule has 20 heavy (non-hydrogen) atoms. The van der Waals surface area contributed by atoms with Crippen molar-refractivity contribution >= 4 is 5.69 Å². The zero-order chi connectivity index (χ0) is 14.9. The molecule has 0 aromatic heterocycles. The smallest absolute Gasteiger partial charge is 0.272 e. The standard InChI is InChI=1S/C16H24N2O2/c1-11-7-8-13(10-14(11)18(19)20)12(2)17-15-6-5-9-16(15,3)4/h7-8,10,12,15,17H,5-6,9H2,1-4H3. The third kappa shape index (κ3) is 3.01. The van der Waals surface area contributed by atoms with E-state index in [1.54, 1.807) is 13.0 Å². The predicted octanol–water partition coefficient (Wildman–Crippen LogP) is 4.13. The van der Waals surface area contributed by atoms with Gasteiger partial charge in [-0.1, -0.05) is 32.4 Å². The fourth-order valence-corrected chi connectivity index (χ4v) is 3.13. The highest BCUT2D eigenvalue weighted by molar-refractivity contribution is 5.43. The maximum atomic E-state index is 11.0. The van der Waals surface area contributed by atoms with Crippen LogP contribution in [0.4, 0.5) is 5.69 Å². The van der Waals surface area contributed by atoms with E-state index in [0.29, 0.717) is 17.0 Å². The first kappa shape index (κ1) is 15.0. The molecule has 1 fully saturated rings. The molecule has 2 rings (SSSR count). The van der Waals surface area contributed by atoms with Crippen molar-refractivity contribution < 1.29 is 4.92 Å². The van der Waals surface area contributed by atoms with Gasteiger partial charge >= 0.3 is 0 Å². The van der Waals surface area contributed by atoms with Crippen LogP contribution in [0.2, 0.25) is 0 Å². The van der Waals surface area contributed by atoms with Crippen LogP contribution in [0, 0.1) is 22.5 Å². The number of benzene rings is 1. The number of nitro benzene ring substituents is 1. The van der Waals surface area contributed by atoms with Crippen LogP contribution in [0.15, 0.2) is 18.2 Å². The van der Waals surface area contributed by atoms with E-state index in [4.69, 9.17) is 0 Å². The summed E-state index contributed by atoms with van der Waals surface area (Å²) in [6, 6.07) is 6.15. The summed E-state index contributed by atoms with van der Waals surface area (Å²) in [5, 5.41) is 14.7. The number of hydrogen-bond acceptors (Lipinski definition) is 3. The van der Waals surface area contributed by atoms with Crippen LogP contribution in [0.1, 0.15) is 57.2 Å². The zero-order valence-corrected chi connectivity index (χ0v) is 12.8. The second kappa shape index (κ2) is 5.52. The summed E-state index contributed by atoms with van der Waals surface area (Å²) >= 11 is 0. The third-order valence-corrected chi connectivity index (χ3v) is 4.64. The minimum Gasteiger partial charge on any atom is -0.307 e. The Morgan fingerprint density at radius 1 is 1.45 bits per heavy atom. The van der Waals surface area contributed by atoms with Gasteiger partial charge in [-0.05, 0) is 37.7 Å². The fourth-order valence-electron chi connectivity index (χ4n) is 3.13. The number of hydrogen-bond donors (Lipinski definition) is 1. The summed E-state index contributed by atoms with van der Waals surface area (Å²) in [7, 11) is 0. The van der Waals surface area contributed by atoms with Gasteiger partial charge in [0.25, 0.3) is 5.69 Å². The molecule has 0 radical (unpaired) electrons. The van der Waals surface area contributed by atoms with Crippen molar-refractivity contribution in [1.29, 1.82) is 0 Å². The van der Waals surface area contributed by atoms with E-state index >= 15 is 0 Å². The number of nitro groups is 1. The minimum absolute atomic E-state index is 0.136. The van der Waals surface area contributed by atoms with Crippen LogP contribution in [0.3, 0.4) is 0 Å². The summed E-state index contributed by atoms with van der Waals surface area (Å²) in [6.07, 6.45) is 3.68. The Balaban J connectivity index is 2.15. The van der Waals surface area contributed by atoms with Gasteiger partial charge in [-0.15, -0.1) is 0 Å². The van der Waals surface area contributed by atoms with E-state index in [0.717, 1.165) is 5.56 Å². The van der Waals surface area contributed by atoms with Crippen molar-refractivity contribution in [3.8, 4) is 0 Å². The molecule has 4 heteroatoms. The van der Waals surface area contributed by atoms with Crippen LogP contribution < -0.4 is 5.32 Å². The predicted molar refractivity (Wildman–Crippen MR) is 80.8 cm³/mol. The van der Waals surface area contributed by atoms with Crippen LogP contribution in [-0.4, -0.2) is 11.0 Å². The van der Waals surface area contributed by atoms with Crippen LogP contribution in [0.5, 0.6) is 0 Å². The Morgan fingerprint density at radius 2 is 2.15 bits per heavy atom. The lowest BCUT2D eigenvalue weighted by atomic mass is 9.86. The number of nitrogens with one attached hydrogen (secondary N) is 1. The minimum atomic E-state index is -0.301. The molecule has 0 aliphatic heterocycles. The SMILES string of the molecule is Cc1ccc(C(C)NC2CCCC2(C)C)cc1[N+](=O)[O-]. The molecule has 1 saturated carbocycles. The van der Waals surface area contributed by atoms with Crippen LogP contribution >= 0.6 is 0 Å². The number of rotatable bonds is 4. The maximum Gasteiger partial charge on any atom is 0.272 e. The molecule has 2 unspecified atom stereocenters. The fraction of sp³-hybridized carbons (Fsp3) is 0.625. The van der Waals surface area contributed by atoms with Gasteiger partial charge in [-0.25, -0.2) is 0 Å². The van der Waals surface area contributed by atoms with Crippen molar-refractivity contribution in [3.05, 3.63) is 39.4 Å². The van der Waals surface area contributed by atoms with Crippen LogP contribution in [0.25, 0.3) is 0 Å². The van der Waals surface area contributed by atoms with Gasteiger partial charge in [-0.2, -0.15) is 0 Å². The molecule has 1 aliphatic rings. The average molecular weight is 276 g/mol. The van der Waals surface area contributed by atoms with Crippen LogP contribution in [-0.2, 0) is 0 Å². The second-order valence-electron chi connectivity index (χ2n) is 6.62. The maximum absolute atomic E-state index is 11.0. The Morgan fingerprint density at radius 3 is 2.70 bits per heavy atom. The molecule has 110 valence electrons. The molecule has 0 heterocycles. The van der Waals surface area contributed by atoms with E-state index < -0.39 is 0 Å². The van der Waals surface area contributed by atoms with Crippen molar-refractivity contribution in [1.82, 2.24) is 5.32 Å². The van der Waals surface area contributed by atoms with Gasteiger partial charge < -0.3 is 5.32 Å². The Kier molecular flexibility index (Phi) is 4.14. The van der Waals surface area contributed by atoms with Gasteiger partial charge in [0.1, 0.15) is 0 Å². The molecule has 1 aromatic carbocycles. The zero-order valence-electron chi connectivity index (χ0n) is 12.8. The summed E-state index contributed by atoms with van der Waals surface area (Å²) in [4.78, 5) is 10.7. The van der Waals surface area contributed by atoms with E-state index in [1.165, 1.54) is 19.3 Å². The van der Waals surface area contributed by atoms with Crippen molar-refractivity contribution in [3.63, 3.8) is 0 Å². The highest BCUT2D eigenvalue weighted by atomic mass is 16.6. The molecule has 1 aliphatic carbocycles. The van der Waals surface area contributed by atoms with E-state index in [-0.39, 0.29) is 16.7 Å². The van der Waals surface area contributed by atoms with Crippen molar-refractivity contribution in [2.45, 2.75) is 59.0 Å². The van der Waals surface area contributed by atoms with Gasteiger partial charge in [0, 0.05) is 23.7 Å². The van der Waals surface area contributed by atoms with E-state index in [9.17, 15) is 10.1 Å². The molecule has 4 nitrogen and oxygen atoms in total.